The lowest BCUT2D eigenvalue weighted by Gasteiger charge is -2.00. The number of fused-ring (bicyclic) bond motifs is 2. The Labute approximate surface area is 169 Å². The van der Waals surface area contributed by atoms with Gasteiger partial charge in [0.05, 0.1) is 0 Å². The minimum absolute atomic E-state index is 0.293. The maximum Gasteiger partial charge on any atom is 0.178 e. The van der Waals surface area contributed by atoms with Crippen LogP contribution in [0.1, 0.15) is 51.2 Å². The molecule has 0 unspecified atom stereocenters. The van der Waals surface area contributed by atoms with Crippen molar-refractivity contribution in [3.63, 3.8) is 0 Å². The molecule has 10 heteroatoms. The van der Waals surface area contributed by atoms with Gasteiger partial charge in [0.15, 0.2) is 22.9 Å². The van der Waals surface area contributed by atoms with Crippen molar-refractivity contribution in [3.05, 3.63) is 44.8 Å². The smallest absolute Gasteiger partial charge is 0.178 e. The highest BCUT2D eigenvalue weighted by atomic mass is 127. The zero-order valence-electron chi connectivity index (χ0n) is 14.8. The van der Waals surface area contributed by atoms with Gasteiger partial charge in [-0.25, -0.2) is 0 Å². The molecule has 0 radical (unpaired) electrons. The Bertz CT molecular complexity index is 955. The quantitative estimate of drug-likeness (QED) is 0.403. The number of rotatable bonds is 2. The molecule has 0 spiro atoms. The van der Waals surface area contributed by atoms with Crippen LogP contribution in [-0.4, -0.2) is 39.6 Å². The summed E-state index contributed by atoms with van der Waals surface area (Å²) in [5.41, 5.74) is 1.54. The van der Waals surface area contributed by atoms with Crippen molar-refractivity contribution in [1.29, 1.82) is 0 Å². The van der Waals surface area contributed by atoms with Crippen molar-refractivity contribution in [2.24, 2.45) is 0 Å². The molecular weight excluding hydrogens is 467 g/mol. The molecule has 4 rings (SSSR count). The van der Waals surface area contributed by atoms with Gasteiger partial charge in [0, 0.05) is 11.8 Å². The molecule has 0 aromatic carbocycles. The summed E-state index contributed by atoms with van der Waals surface area (Å²) in [7, 11) is 0. The molecule has 136 valence electrons. The van der Waals surface area contributed by atoms with Crippen LogP contribution in [0.25, 0.3) is 11.3 Å². The standard InChI is InChI=1S/C8H9ClN4.C8H9IN4/c2*1-5(2)8-11-10-7-4-3-6(9)12-13(7)8/h2*3-5H,1-2H3. The Morgan fingerprint density at radius 2 is 1.27 bits per heavy atom. The molecule has 4 aromatic heterocycles. The van der Waals surface area contributed by atoms with Crippen molar-refractivity contribution in [1.82, 2.24) is 39.6 Å². The first kappa shape index (κ1) is 18.9. The maximum absolute atomic E-state index is 5.76. The predicted octanol–water partition coefficient (Wildman–Crippen LogP) is 3.75. The van der Waals surface area contributed by atoms with Crippen LogP contribution in [0.15, 0.2) is 24.3 Å². The fraction of sp³-hybridized carbons (Fsp3) is 0.375. The lowest BCUT2D eigenvalue weighted by atomic mass is 10.2. The molecule has 0 fully saturated rings. The molecular formula is C16H18ClIN8. The van der Waals surface area contributed by atoms with Gasteiger partial charge in [-0.3, -0.25) is 0 Å². The lowest BCUT2D eigenvalue weighted by molar-refractivity contribution is 0.716. The molecule has 0 amide bonds. The minimum atomic E-state index is 0.293. The Hall–Kier alpha value is -1.88. The molecule has 4 heterocycles. The zero-order valence-corrected chi connectivity index (χ0v) is 17.7. The van der Waals surface area contributed by atoms with Crippen molar-refractivity contribution in [2.75, 3.05) is 0 Å². The van der Waals surface area contributed by atoms with Crippen LogP contribution in [-0.2, 0) is 0 Å². The Kier molecular flexibility index (Phi) is 5.66. The number of halogens is 2. The second-order valence-corrected chi connectivity index (χ2v) is 7.77. The topological polar surface area (TPSA) is 86.2 Å². The van der Waals surface area contributed by atoms with Gasteiger partial charge in [-0.05, 0) is 46.9 Å². The van der Waals surface area contributed by atoms with E-state index in [0.29, 0.717) is 17.0 Å². The minimum Gasteiger partial charge on any atom is -0.196 e. The van der Waals surface area contributed by atoms with E-state index in [9.17, 15) is 0 Å². The molecule has 8 nitrogen and oxygen atoms in total. The molecule has 0 bridgehead atoms. The molecule has 0 N–H and O–H groups in total. The average Bonchev–Trinajstić information content (AvgIpc) is 3.18. The molecule has 4 aromatic rings. The third kappa shape index (κ3) is 3.93. The van der Waals surface area contributed by atoms with Gasteiger partial charge in [0.1, 0.15) is 8.85 Å². The van der Waals surface area contributed by atoms with E-state index < -0.39 is 0 Å². The molecule has 0 aliphatic rings. The third-order valence-corrected chi connectivity index (χ3v) is 4.32. The normalized spacial score (nSPS) is 11.4. The van der Waals surface area contributed by atoms with E-state index in [1.54, 1.807) is 21.2 Å². The summed E-state index contributed by atoms with van der Waals surface area (Å²) in [6.45, 7) is 8.24. The van der Waals surface area contributed by atoms with Crippen LogP contribution in [0.5, 0.6) is 0 Å². The van der Waals surface area contributed by atoms with Crippen LogP contribution in [0, 0.1) is 3.70 Å². The van der Waals surface area contributed by atoms with Gasteiger partial charge >= 0.3 is 0 Å². The largest absolute Gasteiger partial charge is 0.196 e. The number of hydrogen-bond donors (Lipinski definition) is 0. The summed E-state index contributed by atoms with van der Waals surface area (Å²) in [5, 5.41) is 25.0. The van der Waals surface area contributed by atoms with Gasteiger partial charge in [-0.15, -0.1) is 20.4 Å². The van der Waals surface area contributed by atoms with Gasteiger partial charge in [0.25, 0.3) is 0 Å². The van der Waals surface area contributed by atoms with Gasteiger partial charge in [0.2, 0.25) is 0 Å². The number of aromatic nitrogens is 8. The predicted molar refractivity (Wildman–Crippen MR) is 107 cm³/mol. The Morgan fingerprint density at radius 3 is 1.81 bits per heavy atom. The molecule has 0 saturated carbocycles. The fourth-order valence-electron chi connectivity index (χ4n) is 2.29. The highest BCUT2D eigenvalue weighted by molar-refractivity contribution is 14.1. The summed E-state index contributed by atoms with van der Waals surface area (Å²) in [6.07, 6.45) is 0. The van der Waals surface area contributed by atoms with E-state index >= 15 is 0 Å². The third-order valence-electron chi connectivity index (χ3n) is 3.54. The molecule has 0 saturated heterocycles. The Morgan fingerprint density at radius 1 is 0.769 bits per heavy atom. The van der Waals surface area contributed by atoms with E-state index in [0.717, 1.165) is 26.6 Å². The first-order chi connectivity index (χ1) is 12.4. The van der Waals surface area contributed by atoms with E-state index in [4.69, 9.17) is 11.6 Å². The fourth-order valence-corrected chi connectivity index (χ4v) is 2.82. The monoisotopic (exact) mass is 484 g/mol. The summed E-state index contributed by atoms with van der Waals surface area (Å²) >= 11 is 7.94. The van der Waals surface area contributed by atoms with Crippen LogP contribution >= 0.6 is 34.2 Å². The average molecular weight is 485 g/mol. The van der Waals surface area contributed by atoms with Crippen LogP contribution in [0.4, 0.5) is 0 Å². The van der Waals surface area contributed by atoms with Crippen LogP contribution in [0.3, 0.4) is 0 Å². The van der Waals surface area contributed by atoms with E-state index in [-0.39, 0.29) is 0 Å². The summed E-state index contributed by atoms with van der Waals surface area (Å²) in [4.78, 5) is 0. The second-order valence-electron chi connectivity index (χ2n) is 6.28. The van der Waals surface area contributed by atoms with Crippen molar-refractivity contribution < 1.29 is 0 Å². The molecule has 0 aliphatic heterocycles. The van der Waals surface area contributed by atoms with Crippen molar-refractivity contribution in [2.45, 2.75) is 39.5 Å². The number of hydrogen-bond acceptors (Lipinski definition) is 6. The summed E-state index contributed by atoms with van der Waals surface area (Å²) < 4.78 is 4.42. The highest BCUT2D eigenvalue weighted by Gasteiger charge is 2.10. The second kappa shape index (κ2) is 7.78. The SMILES string of the molecule is CC(C)c1nnc2ccc(Cl)nn12.CC(C)c1nnc2ccc(I)nn12. The number of nitrogens with zero attached hydrogens (tertiary/aromatic N) is 8. The molecule has 0 aliphatic carbocycles. The van der Waals surface area contributed by atoms with Gasteiger partial charge < -0.3 is 0 Å². The first-order valence-electron chi connectivity index (χ1n) is 8.12. The van der Waals surface area contributed by atoms with Crippen LogP contribution in [0.2, 0.25) is 5.15 Å². The molecule has 26 heavy (non-hydrogen) atoms. The first-order valence-corrected chi connectivity index (χ1v) is 9.58. The molecule has 0 atom stereocenters. The van der Waals surface area contributed by atoms with Crippen LogP contribution < -0.4 is 0 Å². The van der Waals surface area contributed by atoms with E-state index in [1.807, 2.05) is 26.0 Å². The van der Waals surface area contributed by atoms with E-state index in [1.165, 1.54) is 0 Å². The highest BCUT2D eigenvalue weighted by Crippen LogP contribution is 2.14. The summed E-state index contributed by atoms with van der Waals surface area (Å²) in [6, 6.07) is 7.35. The van der Waals surface area contributed by atoms with Crippen molar-refractivity contribution in [3.8, 4) is 0 Å². The van der Waals surface area contributed by atoms with Gasteiger partial charge in [-0.1, -0.05) is 39.3 Å². The lowest BCUT2D eigenvalue weighted by Crippen LogP contribution is -2.01. The summed E-state index contributed by atoms with van der Waals surface area (Å²) in [5.74, 6) is 2.38. The van der Waals surface area contributed by atoms with Gasteiger partial charge in [-0.2, -0.15) is 19.2 Å². The van der Waals surface area contributed by atoms with Crippen molar-refractivity contribution >= 4 is 45.5 Å². The maximum atomic E-state index is 5.76. The zero-order chi connectivity index (χ0) is 18.8. The Balaban J connectivity index is 0.000000151. The van der Waals surface area contributed by atoms with E-state index in [2.05, 4.69) is 67.0 Å².